The van der Waals surface area contributed by atoms with E-state index in [1.807, 2.05) is 24.3 Å². The van der Waals surface area contributed by atoms with Crippen LogP contribution in [-0.4, -0.2) is 30.1 Å². The number of carbonyl (C=O) groups is 1. The molecule has 0 atom stereocenters. The molecule has 1 amide bonds. The Kier molecular flexibility index (Phi) is 5.06. The molecule has 2 aromatic carbocycles. The number of rotatable bonds is 4. The van der Waals surface area contributed by atoms with Gasteiger partial charge in [-0.15, -0.1) is 0 Å². The molecule has 0 radical (unpaired) electrons. The topological polar surface area (TPSA) is 49.8 Å². The molecular formula is C16H16INO3. The summed E-state index contributed by atoms with van der Waals surface area (Å²) in [5, 5.41) is 9.83. The molecule has 0 aliphatic heterocycles. The molecule has 2 aromatic rings. The van der Waals surface area contributed by atoms with Gasteiger partial charge in [-0.3, -0.25) is 4.79 Å². The fraction of sp³-hybridized carbons (Fsp3) is 0.188. The normalized spacial score (nSPS) is 10.2. The van der Waals surface area contributed by atoms with Gasteiger partial charge in [-0.25, -0.2) is 0 Å². The maximum atomic E-state index is 12.4. The maximum absolute atomic E-state index is 12.4. The number of phenols is 1. The molecule has 21 heavy (non-hydrogen) atoms. The lowest BCUT2D eigenvalue weighted by molar-refractivity contribution is 0.0782. The summed E-state index contributed by atoms with van der Waals surface area (Å²) in [4.78, 5) is 14.0. The minimum Gasteiger partial charge on any atom is -0.507 e. The number of phenolic OH excluding ortho intramolecular Hbond substituents is 1. The first-order chi connectivity index (χ1) is 10.0. The van der Waals surface area contributed by atoms with Crippen molar-refractivity contribution < 1.29 is 14.6 Å². The maximum Gasteiger partial charge on any atom is 0.257 e. The first-order valence-electron chi connectivity index (χ1n) is 6.38. The molecule has 1 N–H and O–H groups in total. The fourth-order valence-electron chi connectivity index (χ4n) is 2.00. The number of benzene rings is 2. The van der Waals surface area contributed by atoms with Crippen LogP contribution in [0.1, 0.15) is 15.9 Å². The monoisotopic (exact) mass is 397 g/mol. The zero-order valence-corrected chi connectivity index (χ0v) is 14.0. The summed E-state index contributed by atoms with van der Waals surface area (Å²) in [6.45, 7) is 0.445. The van der Waals surface area contributed by atoms with Gasteiger partial charge in [-0.05, 0) is 58.5 Å². The van der Waals surface area contributed by atoms with Crippen LogP contribution in [0.2, 0.25) is 0 Å². The van der Waals surface area contributed by atoms with Crippen molar-refractivity contribution in [2.75, 3.05) is 14.2 Å². The Labute approximate surface area is 137 Å². The van der Waals surface area contributed by atoms with E-state index < -0.39 is 0 Å². The lowest BCUT2D eigenvalue weighted by atomic mass is 10.1. The zero-order chi connectivity index (χ0) is 15.4. The average molecular weight is 397 g/mol. The van der Waals surface area contributed by atoms with Crippen LogP contribution in [0, 0.1) is 3.57 Å². The number of amides is 1. The van der Waals surface area contributed by atoms with Crippen LogP contribution in [0.15, 0.2) is 42.5 Å². The highest BCUT2D eigenvalue weighted by Gasteiger charge is 2.16. The third-order valence-corrected chi connectivity index (χ3v) is 3.76. The molecule has 0 saturated carbocycles. The number of halogens is 1. The molecule has 0 fully saturated rings. The molecular weight excluding hydrogens is 381 g/mol. The summed E-state index contributed by atoms with van der Waals surface area (Å²) in [6, 6.07) is 12.5. The molecule has 0 unspecified atom stereocenters. The van der Waals surface area contributed by atoms with E-state index >= 15 is 0 Å². The predicted octanol–water partition coefficient (Wildman–Crippen LogP) is 3.28. The molecule has 2 rings (SSSR count). The smallest absolute Gasteiger partial charge is 0.257 e. The Bertz CT molecular complexity index is 658. The van der Waals surface area contributed by atoms with Gasteiger partial charge in [-0.2, -0.15) is 0 Å². The van der Waals surface area contributed by atoms with Gasteiger partial charge in [0.05, 0.1) is 12.7 Å². The van der Waals surface area contributed by atoms with Gasteiger partial charge in [0.15, 0.2) is 0 Å². The SMILES string of the molecule is COc1cccc(CN(C)C(=O)c2cc(I)ccc2O)c1. The summed E-state index contributed by atoms with van der Waals surface area (Å²) in [5.41, 5.74) is 1.28. The van der Waals surface area contributed by atoms with Gasteiger partial charge in [0.1, 0.15) is 11.5 Å². The van der Waals surface area contributed by atoms with Crippen LogP contribution in [0.5, 0.6) is 11.5 Å². The van der Waals surface area contributed by atoms with Crippen molar-refractivity contribution in [1.82, 2.24) is 4.90 Å². The van der Waals surface area contributed by atoms with Crippen LogP contribution in [-0.2, 0) is 6.54 Å². The molecule has 0 saturated heterocycles. The number of hydrogen-bond acceptors (Lipinski definition) is 3. The van der Waals surface area contributed by atoms with E-state index in [2.05, 4.69) is 22.6 Å². The number of nitrogens with zero attached hydrogens (tertiary/aromatic N) is 1. The van der Waals surface area contributed by atoms with Crippen molar-refractivity contribution in [3.63, 3.8) is 0 Å². The van der Waals surface area contributed by atoms with E-state index in [9.17, 15) is 9.90 Å². The van der Waals surface area contributed by atoms with Crippen molar-refractivity contribution in [3.8, 4) is 11.5 Å². The number of hydrogen-bond donors (Lipinski definition) is 1. The highest BCUT2D eigenvalue weighted by Crippen LogP contribution is 2.22. The number of aromatic hydroxyl groups is 1. The summed E-state index contributed by atoms with van der Waals surface area (Å²) >= 11 is 2.11. The molecule has 0 bridgehead atoms. The number of methoxy groups -OCH3 is 1. The van der Waals surface area contributed by atoms with Crippen molar-refractivity contribution in [2.45, 2.75) is 6.54 Å². The highest BCUT2D eigenvalue weighted by molar-refractivity contribution is 14.1. The first-order valence-corrected chi connectivity index (χ1v) is 7.46. The van der Waals surface area contributed by atoms with Gasteiger partial charge in [-0.1, -0.05) is 12.1 Å². The summed E-state index contributed by atoms with van der Waals surface area (Å²) < 4.78 is 6.08. The van der Waals surface area contributed by atoms with Crippen molar-refractivity contribution >= 4 is 28.5 Å². The molecule has 0 aliphatic carbocycles. The van der Waals surface area contributed by atoms with Crippen LogP contribution >= 0.6 is 22.6 Å². The molecule has 0 heterocycles. The molecule has 0 aromatic heterocycles. The second-order valence-corrected chi connectivity index (χ2v) is 5.92. The minimum atomic E-state index is -0.214. The van der Waals surface area contributed by atoms with Gasteiger partial charge in [0, 0.05) is 17.2 Å². The Balaban J connectivity index is 2.17. The average Bonchev–Trinajstić information content (AvgIpc) is 2.49. The van der Waals surface area contributed by atoms with E-state index in [-0.39, 0.29) is 11.7 Å². The van der Waals surface area contributed by atoms with E-state index in [4.69, 9.17) is 4.74 Å². The quantitative estimate of drug-likeness (QED) is 0.806. The Morgan fingerprint density at radius 1 is 1.29 bits per heavy atom. The Morgan fingerprint density at radius 3 is 2.76 bits per heavy atom. The summed E-state index contributed by atoms with van der Waals surface area (Å²) in [7, 11) is 3.32. The highest BCUT2D eigenvalue weighted by atomic mass is 127. The summed E-state index contributed by atoms with van der Waals surface area (Å²) in [6.07, 6.45) is 0. The van der Waals surface area contributed by atoms with Crippen LogP contribution in [0.3, 0.4) is 0 Å². The molecule has 0 spiro atoms. The molecule has 110 valence electrons. The third kappa shape index (κ3) is 3.87. The van der Waals surface area contributed by atoms with E-state index in [0.717, 1.165) is 14.9 Å². The van der Waals surface area contributed by atoms with Gasteiger partial charge < -0.3 is 14.7 Å². The Hall–Kier alpha value is -1.76. The van der Waals surface area contributed by atoms with Crippen LogP contribution < -0.4 is 4.74 Å². The first kappa shape index (κ1) is 15.6. The lowest BCUT2D eigenvalue weighted by Gasteiger charge is -2.18. The molecule has 5 heteroatoms. The minimum absolute atomic E-state index is 0.00194. The zero-order valence-electron chi connectivity index (χ0n) is 11.8. The van der Waals surface area contributed by atoms with E-state index in [1.54, 1.807) is 31.2 Å². The van der Waals surface area contributed by atoms with Crippen LogP contribution in [0.25, 0.3) is 0 Å². The standard InChI is InChI=1S/C16H16INO3/c1-18(10-11-4-3-5-13(8-11)21-2)16(20)14-9-12(17)6-7-15(14)19/h3-9,19H,10H2,1-2H3. The van der Waals surface area contributed by atoms with Gasteiger partial charge in [0.2, 0.25) is 0 Å². The second kappa shape index (κ2) is 6.80. The third-order valence-electron chi connectivity index (χ3n) is 3.09. The lowest BCUT2D eigenvalue weighted by Crippen LogP contribution is -2.26. The molecule has 4 nitrogen and oxygen atoms in total. The predicted molar refractivity (Wildman–Crippen MR) is 89.6 cm³/mol. The number of carbonyl (C=O) groups excluding carboxylic acids is 1. The van der Waals surface area contributed by atoms with E-state index in [1.165, 1.54) is 6.07 Å². The van der Waals surface area contributed by atoms with Crippen LogP contribution in [0.4, 0.5) is 0 Å². The van der Waals surface area contributed by atoms with Crippen molar-refractivity contribution in [2.24, 2.45) is 0 Å². The van der Waals surface area contributed by atoms with Crippen molar-refractivity contribution in [3.05, 3.63) is 57.2 Å². The van der Waals surface area contributed by atoms with E-state index in [0.29, 0.717) is 12.1 Å². The second-order valence-electron chi connectivity index (χ2n) is 4.67. The van der Waals surface area contributed by atoms with Gasteiger partial charge in [0.25, 0.3) is 5.91 Å². The molecule has 0 aliphatic rings. The van der Waals surface area contributed by atoms with Crippen molar-refractivity contribution in [1.29, 1.82) is 0 Å². The fourth-order valence-corrected chi connectivity index (χ4v) is 2.49. The summed E-state index contributed by atoms with van der Waals surface area (Å²) in [5.74, 6) is 0.539. The van der Waals surface area contributed by atoms with Gasteiger partial charge >= 0.3 is 0 Å². The Morgan fingerprint density at radius 2 is 2.05 bits per heavy atom. The largest absolute Gasteiger partial charge is 0.507 e. The number of ether oxygens (including phenoxy) is 1.